The number of para-hydroxylation sites is 1. The third-order valence-corrected chi connectivity index (χ3v) is 4.69. The zero-order valence-electron chi connectivity index (χ0n) is 17.0. The highest BCUT2D eigenvalue weighted by molar-refractivity contribution is 5.79. The van der Waals surface area contributed by atoms with Crippen LogP contribution >= 0.6 is 0 Å². The molecule has 0 amide bonds. The molecule has 0 bridgehead atoms. The predicted octanol–water partition coefficient (Wildman–Crippen LogP) is 3.43. The molecule has 6 nitrogen and oxygen atoms in total. The van der Waals surface area contributed by atoms with Crippen LogP contribution in [0, 0.1) is 5.82 Å². The summed E-state index contributed by atoms with van der Waals surface area (Å²) >= 11 is 0. The largest absolute Gasteiger partial charge is 0.573 e. The van der Waals surface area contributed by atoms with Crippen LogP contribution in [0.2, 0.25) is 0 Å². The van der Waals surface area contributed by atoms with Gasteiger partial charge < -0.3 is 25.0 Å². The van der Waals surface area contributed by atoms with E-state index in [9.17, 15) is 17.6 Å². The van der Waals surface area contributed by atoms with Gasteiger partial charge in [-0.25, -0.2) is 4.39 Å². The van der Waals surface area contributed by atoms with Crippen LogP contribution in [0.25, 0.3) is 0 Å². The highest BCUT2D eigenvalue weighted by atomic mass is 19.4. The Bertz CT molecular complexity index is 899. The Labute approximate surface area is 177 Å². The van der Waals surface area contributed by atoms with Gasteiger partial charge in [-0.1, -0.05) is 24.3 Å². The first kappa shape index (κ1) is 22.7. The number of anilines is 1. The lowest BCUT2D eigenvalue weighted by Gasteiger charge is -2.29. The molecular formula is C21H24F4N4O2. The zero-order chi connectivity index (χ0) is 22.3. The molecule has 1 saturated heterocycles. The number of halogens is 4. The average Bonchev–Trinajstić information content (AvgIpc) is 2.74. The number of rotatable bonds is 6. The van der Waals surface area contributed by atoms with Gasteiger partial charge in [0.15, 0.2) is 5.96 Å². The number of aliphatic imine (C=N–C) groups is 1. The normalized spacial score (nSPS) is 15.0. The Morgan fingerprint density at radius 3 is 2.48 bits per heavy atom. The second-order valence-electron chi connectivity index (χ2n) is 6.82. The van der Waals surface area contributed by atoms with Gasteiger partial charge in [-0.3, -0.25) is 4.99 Å². The summed E-state index contributed by atoms with van der Waals surface area (Å²) in [5.74, 6) is -0.236. The monoisotopic (exact) mass is 440 g/mol. The summed E-state index contributed by atoms with van der Waals surface area (Å²) in [4.78, 5) is 5.99. The maximum atomic E-state index is 14.5. The van der Waals surface area contributed by atoms with Crippen molar-refractivity contribution in [3.63, 3.8) is 0 Å². The number of alkyl halides is 3. The van der Waals surface area contributed by atoms with Gasteiger partial charge in [-0.2, -0.15) is 0 Å². The summed E-state index contributed by atoms with van der Waals surface area (Å²) in [5.41, 5.74) is 1.57. The van der Waals surface area contributed by atoms with E-state index in [4.69, 9.17) is 4.74 Å². The summed E-state index contributed by atoms with van der Waals surface area (Å²) in [6, 6.07) is 10.9. The molecule has 10 heteroatoms. The molecule has 1 aliphatic rings. The van der Waals surface area contributed by atoms with E-state index in [2.05, 4.69) is 20.4 Å². The molecule has 1 fully saturated rings. The van der Waals surface area contributed by atoms with E-state index in [-0.39, 0.29) is 18.1 Å². The first-order valence-corrected chi connectivity index (χ1v) is 9.75. The fraction of sp³-hybridized carbons (Fsp3) is 0.381. The lowest BCUT2D eigenvalue weighted by atomic mass is 10.1. The molecule has 0 aromatic heterocycles. The Kier molecular flexibility index (Phi) is 7.56. The molecule has 168 valence electrons. The number of guanidine groups is 1. The molecule has 2 aromatic carbocycles. The molecule has 1 heterocycles. The van der Waals surface area contributed by atoms with Crippen molar-refractivity contribution in [2.75, 3.05) is 38.3 Å². The van der Waals surface area contributed by atoms with Crippen molar-refractivity contribution in [3.8, 4) is 5.75 Å². The number of benzene rings is 2. The molecule has 0 saturated carbocycles. The minimum absolute atomic E-state index is 0.0657. The van der Waals surface area contributed by atoms with Gasteiger partial charge in [-0.15, -0.1) is 13.2 Å². The zero-order valence-corrected chi connectivity index (χ0v) is 17.0. The number of morpholine rings is 1. The van der Waals surface area contributed by atoms with Gasteiger partial charge in [0, 0.05) is 38.8 Å². The van der Waals surface area contributed by atoms with Crippen LogP contribution < -0.4 is 20.3 Å². The highest BCUT2D eigenvalue weighted by Crippen LogP contribution is 2.26. The SMILES string of the molecule is CN=C(NCc1ccc(N2CCOCC2)c(F)c1)NCc1ccccc1OC(F)(F)F. The molecular weight excluding hydrogens is 416 g/mol. The summed E-state index contributed by atoms with van der Waals surface area (Å²) in [6.07, 6.45) is -4.77. The van der Waals surface area contributed by atoms with E-state index in [0.29, 0.717) is 55.6 Å². The first-order valence-electron chi connectivity index (χ1n) is 9.75. The van der Waals surface area contributed by atoms with Crippen LogP contribution in [-0.2, 0) is 17.8 Å². The predicted molar refractivity (Wildman–Crippen MR) is 110 cm³/mol. The summed E-state index contributed by atoms with van der Waals surface area (Å²) < 4.78 is 61.5. The van der Waals surface area contributed by atoms with Crippen molar-refractivity contribution in [2.45, 2.75) is 19.5 Å². The second kappa shape index (κ2) is 10.3. The van der Waals surface area contributed by atoms with Gasteiger partial charge in [-0.05, 0) is 23.8 Å². The third-order valence-electron chi connectivity index (χ3n) is 4.69. The molecule has 0 atom stereocenters. The molecule has 0 aliphatic carbocycles. The molecule has 31 heavy (non-hydrogen) atoms. The summed E-state index contributed by atoms with van der Waals surface area (Å²) in [6.45, 7) is 2.79. The molecule has 3 rings (SSSR count). The smallest absolute Gasteiger partial charge is 0.405 e. The Morgan fingerprint density at radius 1 is 1.10 bits per heavy atom. The van der Waals surface area contributed by atoms with E-state index < -0.39 is 6.36 Å². The van der Waals surface area contributed by atoms with Gasteiger partial charge in [0.25, 0.3) is 0 Å². The molecule has 0 spiro atoms. The minimum atomic E-state index is -4.77. The summed E-state index contributed by atoms with van der Waals surface area (Å²) in [5, 5.41) is 5.96. The fourth-order valence-electron chi connectivity index (χ4n) is 3.18. The maximum Gasteiger partial charge on any atom is 0.573 e. The molecule has 2 aromatic rings. The van der Waals surface area contributed by atoms with Crippen molar-refractivity contribution in [3.05, 3.63) is 59.4 Å². The van der Waals surface area contributed by atoms with E-state index in [1.807, 2.05) is 11.0 Å². The van der Waals surface area contributed by atoms with E-state index >= 15 is 0 Å². The average molecular weight is 440 g/mol. The van der Waals surface area contributed by atoms with Crippen molar-refractivity contribution in [2.24, 2.45) is 4.99 Å². The molecule has 0 unspecified atom stereocenters. The fourth-order valence-corrected chi connectivity index (χ4v) is 3.18. The van der Waals surface area contributed by atoms with E-state index in [1.165, 1.54) is 31.3 Å². The Hall–Kier alpha value is -3.01. The van der Waals surface area contributed by atoms with Crippen LogP contribution in [0.3, 0.4) is 0 Å². The first-order chi connectivity index (χ1) is 14.9. The highest BCUT2D eigenvalue weighted by Gasteiger charge is 2.31. The van der Waals surface area contributed by atoms with Crippen LogP contribution in [0.15, 0.2) is 47.5 Å². The number of hydrogen-bond donors (Lipinski definition) is 2. The quantitative estimate of drug-likeness (QED) is 0.410. The Morgan fingerprint density at radius 2 is 1.81 bits per heavy atom. The topological polar surface area (TPSA) is 58.1 Å². The van der Waals surface area contributed by atoms with Gasteiger partial charge in [0.05, 0.1) is 18.9 Å². The maximum absolute atomic E-state index is 14.5. The van der Waals surface area contributed by atoms with Gasteiger partial charge in [0.2, 0.25) is 0 Å². The van der Waals surface area contributed by atoms with E-state index in [0.717, 1.165) is 0 Å². The van der Waals surface area contributed by atoms with Gasteiger partial charge >= 0.3 is 6.36 Å². The molecule has 2 N–H and O–H groups in total. The van der Waals surface area contributed by atoms with Crippen LogP contribution in [0.4, 0.5) is 23.2 Å². The lowest BCUT2D eigenvalue weighted by molar-refractivity contribution is -0.274. The second-order valence-corrected chi connectivity index (χ2v) is 6.82. The van der Waals surface area contributed by atoms with Crippen LogP contribution in [0.1, 0.15) is 11.1 Å². The molecule has 0 radical (unpaired) electrons. The number of nitrogens with zero attached hydrogens (tertiary/aromatic N) is 2. The molecule has 1 aliphatic heterocycles. The van der Waals surface area contributed by atoms with Gasteiger partial charge in [0.1, 0.15) is 11.6 Å². The van der Waals surface area contributed by atoms with Crippen molar-refractivity contribution in [1.82, 2.24) is 10.6 Å². The lowest BCUT2D eigenvalue weighted by Crippen LogP contribution is -2.37. The summed E-state index contributed by atoms with van der Waals surface area (Å²) in [7, 11) is 1.54. The number of ether oxygens (including phenoxy) is 2. The van der Waals surface area contributed by atoms with Crippen LogP contribution in [0.5, 0.6) is 5.75 Å². The van der Waals surface area contributed by atoms with Crippen molar-refractivity contribution in [1.29, 1.82) is 0 Å². The third kappa shape index (κ3) is 6.74. The standard InChI is InChI=1S/C21H24F4N4O2/c1-26-20(28-14-16-4-2-3-5-19(16)31-21(23,24)25)27-13-15-6-7-18(17(22)12-15)29-8-10-30-11-9-29/h2-7,12H,8-11,13-14H2,1H3,(H2,26,27,28). The van der Waals surface area contributed by atoms with E-state index in [1.54, 1.807) is 12.1 Å². The van der Waals surface area contributed by atoms with Crippen molar-refractivity contribution >= 4 is 11.6 Å². The van der Waals surface area contributed by atoms with Crippen molar-refractivity contribution < 1.29 is 27.0 Å². The number of hydrogen-bond acceptors (Lipinski definition) is 4. The Balaban J connectivity index is 1.56. The number of nitrogens with one attached hydrogen (secondary N) is 2. The van der Waals surface area contributed by atoms with Crippen LogP contribution in [-0.4, -0.2) is 45.7 Å². The minimum Gasteiger partial charge on any atom is -0.405 e.